The van der Waals surface area contributed by atoms with E-state index in [4.69, 9.17) is 17.0 Å². The van der Waals surface area contributed by atoms with Crippen molar-refractivity contribution in [2.45, 2.75) is 30.9 Å². The minimum absolute atomic E-state index is 0.0134. The molecular weight excluding hydrogens is 292 g/mol. The zero-order valence-corrected chi connectivity index (χ0v) is 12.8. The molecule has 1 aromatic rings. The van der Waals surface area contributed by atoms with Gasteiger partial charge in [-0.2, -0.15) is 11.8 Å². The standard InChI is InChI=1S/C14H18N2O2S2/c17-12(11-2-1-5-15-13(11)19)16-10-3-6-18-14(8-10)4-7-20-9-14/h1-2,5,10H,3-4,6-9H2,(H,15,19)(H,16,17)/t10-,14-/m1/s1. The molecule has 0 radical (unpaired) electrons. The Kier molecular flexibility index (Phi) is 4.14. The Morgan fingerprint density at radius 2 is 2.50 bits per heavy atom. The zero-order valence-electron chi connectivity index (χ0n) is 11.2. The fourth-order valence-corrected chi connectivity index (χ4v) is 4.48. The van der Waals surface area contributed by atoms with Crippen LogP contribution >= 0.6 is 24.0 Å². The van der Waals surface area contributed by atoms with E-state index in [-0.39, 0.29) is 17.6 Å². The van der Waals surface area contributed by atoms with Gasteiger partial charge in [-0.1, -0.05) is 12.2 Å². The van der Waals surface area contributed by atoms with Gasteiger partial charge in [0.25, 0.3) is 5.91 Å². The van der Waals surface area contributed by atoms with Gasteiger partial charge < -0.3 is 15.0 Å². The van der Waals surface area contributed by atoms with Gasteiger partial charge in [0.15, 0.2) is 0 Å². The van der Waals surface area contributed by atoms with Crippen molar-refractivity contribution in [2.75, 3.05) is 18.1 Å². The highest BCUT2D eigenvalue weighted by atomic mass is 32.2. The van der Waals surface area contributed by atoms with Crippen LogP contribution < -0.4 is 5.32 Å². The fourth-order valence-electron chi connectivity index (χ4n) is 2.88. The number of H-pyrrole nitrogens is 1. The van der Waals surface area contributed by atoms with Gasteiger partial charge in [0.1, 0.15) is 4.64 Å². The molecule has 2 aliphatic heterocycles. The van der Waals surface area contributed by atoms with Gasteiger partial charge in [0, 0.05) is 24.6 Å². The summed E-state index contributed by atoms with van der Waals surface area (Å²) in [5.41, 5.74) is 0.532. The lowest BCUT2D eigenvalue weighted by Crippen LogP contribution is -2.48. The second kappa shape index (κ2) is 5.87. The summed E-state index contributed by atoms with van der Waals surface area (Å²) in [6, 6.07) is 3.74. The fraction of sp³-hybridized carbons (Fsp3) is 0.571. The molecule has 0 bridgehead atoms. The Bertz CT molecular complexity index is 552. The number of ether oxygens (including phenoxy) is 1. The summed E-state index contributed by atoms with van der Waals surface area (Å²) in [5.74, 6) is 2.12. The molecular formula is C14H18N2O2S2. The summed E-state index contributed by atoms with van der Waals surface area (Å²) >= 11 is 7.09. The predicted molar refractivity (Wildman–Crippen MR) is 82.7 cm³/mol. The number of aromatic amines is 1. The van der Waals surface area contributed by atoms with Crippen LogP contribution in [0.5, 0.6) is 0 Å². The summed E-state index contributed by atoms with van der Waals surface area (Å²) in [6.45, 7) is 0.729. The summed E-state index contributed by atoms with van der Waals surface area (Å²) in [4.78, 5) is 15.2. The number of hydrogen-bond acceptors (Lipinski definition) is 4. The first-order valence-electron chi connectivity index (χ1n) is 6.89. The van der Waals surface area contributed by atoms with Crippen LogP contribution in [0.1, 0.15) is 29.6 Å². The smallest absolute Gasteiger partial charge is 0.254 e. The van der Waals surface area contributed by atoms with Gasteiger partial charge in [-0.3, -0.25) is 4.79 Å². The van der Waals surface area contributed by atoms with Crippen molar-refractivity contribution in [3.63, 3.8) is 0 Å². The van der Waals surface area contributed by atoms with Gasteiger partial charge in [-0.15, -0.1) is 0 Å². The summed E-state index contributed by atoms with van der Waals surface area (Å²) < 4.78 is 6.46. The zero-order chi connectivity index (χ0) is 14.0. The summed E-state index contributed by atoms with van der Waals surface area (Å²) in [5, 5.41) is 3.11. The molecule has 20 heavy (non-hydrogen) atoms. The van der Waals surface area contributed by atoms with E-state index in [1.54, 1.807) is 18.3 Å². The van der Waals surface area contributed by atoms with Crippen molar-refractivity contribution in [3.8, 4) is 0 Å². The topological polar surface area (TPSA) is 54.1 Å². The summed E-state index contributed by atoms with van der Waals surface area (Å²) in [7, 11) is 0. The Morgan fingerprint density at radius 1 is 1.60 bits per heavy atom. The minimum Gasteiger partial charge on any atom is -0.374 e. The quantitative estimate of drug-likeness (QED) is 0.824. The van der Waals surface area contributed by atoms with E-state index in [1.165, 1.54) is 0 Å². The third kappa shape index (κ3) is 2.92. The monoisotopic (exact) mass is 310 g/mol. The maximum absolute atomic E-state index is 12.3. The number of amides is 1. The van der Waals surface area contributed by atoms with E-state index in [2.05, 4.69) is 10.3 Å². The first-order valence-corrected chi connectivity index (χ1v) is 8.45. The molecule has 3 heterocycles. The number of rotatable bonds is 2. The second-order valence-corrected chi connectivity index (χ2v) is 6.92. The van der Waals surface area contributed by atoms with Crippen molar-refractivity contribution in [1.29, 1.82) is 0 Å². The van der Waals surface area contributed by atoms with Gasteiger partial charge in [-0.05, 0) is 37.1 Å². The molecule has 6 heteroatoms. The number of carbonyl (C=O) groups excluding carboxylic acids is 1. The number of hydrogen-bond donors (Lipinski definition) is 2. The number of pyridine rings is 1. The third-order valence-corrected chi connectivity index (χ3v) is 5.52. The van der Waals surface area contributed by atoms with Gasteiger partial charge in [0.05, 0.1) is 11.2 Å². The highest BCUT2D eigenvalue weighted by Crippen LogP contribution is 2.38. The Hall–Kier alpha value is -0.850. The third-order valence-electron chi connectivity index (χ3n) is 3.96. The van der Waals surface area contributed by atoms with Gasteiger partial charge >= 0.3 is 0 Å². The summed E-state index contributed by atoms with van der Waals surface area (Å²) in [6.07, 6.45) is 4.62. The molecule has 2 fully saturated rings. The Labute approximate surface area is 127 Å². The molecule has 0 saturated carbocycles. The van der Waals surface area contributed by atoms with Crippen LogP contribution in [-0.4, -0.2) is 40.6 Å². The van der Waals surface area contributed by atoms with E-state index in [0.717, 1.165) is 37.4 Å². The molecule has 0 aliphatic carbocycles. The lowest BCUT2D eigenvalue weighted by molar-refractivity contribution is -0.0688. The van der Waals surface area contributed by atoms with Crippen molar-refractivity contribution < 1.29 is 9.53 Å². The minimum atomic E-state index is -0.0837. The SMILES string of the molecule is O=C(N[C@@H]1CCO[C@]2(CCSC2)C1)c1ccc[nH]c1=S. The van der Waals surface area contributed by atoms with Crippen LogP contribution in [0.3, 0.4) is 0 Å². The predicted octanol–water partition coefficient (Wildman–Crippen LogP) is 2.53. The molecule has 1 amide bonds. The molecule has 2 aliphatic rings. The van der Waals surface area contributed by atoms with Crippen molar-refractivity contribution in [3.05, 3.63) is 28.5 Å². The molecule has 3 rings (SSSR count). The number of thioether (sulfide) groups is 1. The van der Waals surface area contributed by atoms with E-state index in [1.807, 2.05) is 11.8 Å². The lowest BCUT2D eigenvalue weighted by atomic mass is 9.90. The average molecular weight is 310 g/mol. The molecule has 0 unspecified atom stereocenters. The molecule has 2 atom stereocenters. The van der Waals surface area contributed by atoms with E-state index < -0.39 is 0 Å². The molecule has 4 nitrogen and oxygen atoms in total. The van der Waals surface area contributed by atoms with Gasteiger partial charge in [0.2, 0.25) is 0 Å². The molecule has 2 saturated heterocycles. The lowest BCUT2D eigenvalue weighted by Gasteiger charge is -2.38. The van der Waals surface area contributed by atoms with Crippen LogP contribution in [0.2, 0.25) is 0 Å². The second-order valence-electron chi connectivity index (χ2n) is 5.41. The largest absolute Gasteiger partial charge is 0.374 e. The van der Waals surface area contributed by atoms with Crippen LogP contribution in [-0.2, 0) is 4.74 Å². The highest BCUT2D eigenvalue weighted by molar-refractivity contribution is 7.99. The van der Waals surface area contributed by atoms with Crippen molar-refractivity contribution in [1.82, 2.24) is 10.3 Å². The van der Waals surface area contributed by atoms with E-state index >= 15 is 0 Å². The maximum atomic E-state index is 12.3. The average Bonchev–Trinajstić information content (AvgIpc) is 2.87. The van der Waals surface area contributed by atoms with Crippen LogP contribution in [0.25, 0.3) is 0 Å². The van der Waals surface area contributed by atoms with E-state index in [9.17, 15) is 4.79 Å². The van der Waals surface area contributed by atoms with Crippen LogP contribution in [0, 0.1) is 4.64 Å². The normalized spacial score (nSPS) is 29.5. The maximum Gasteiger partial charge on any atom is 0.254 e. The highest BCUT2D eigenvalue weighted by Gasteiger charge is 2.40. The van der Waals surface area contributed by atoms with Gasteiger partial charge in [-0.25, -0.2) is 0 Å². The van der Waals surface area contributed by atoms with Crippen molar-refractivity contribution >= 4 is 29.9 Å². The number of carbonyl (C=O) groups is 1. The molecule has 1 spiro atoms. The molecule has 0 aromatic carbocycles. The Balaban J connectivity index is 1.67. The Morgan fingerprint density at radius 3 is 3.25 bits per heavy atom. The van der Waals surface area contributed by atoms with Crippen molar-refractivity contribution in [2.24, 2.45) is 0 Å². The first-order chi connectivity index (χ1) is 9.69. The van der Waals surface area contributed by atoms with Crippen LogP contribution in [0.15, 0.2) is 18.3 Å². The van der Waals surface area contributed by atoms with Crippen LogP contribution in [0.4, 0.5) is 0 Å². The number of aromatic nitrogens is 1. The first kappa shape index (κ1) is 14.1. The molecule has 108 valence electrons. The van der Waals surface area contributed by atoms with E-state index in [0.29, 0.717) is 10.2 Å². The molecule has 2 N–H and O–H groups in total. The molecule has 1 aromatic heterocycles. The number of nitrogens with one attached hydrogen (secondary N) is 2.